The first kappa shape index (κ1) is 14.2. The maximum absolute atomic E-state index is 10.8. The molecule has 2 N–H and O–H groups in total. The summed E-state index contributed by atoms with van der Waals surface area (Å²) >= 11 is 0. The Kier molecular flexibility index (Phi) is 3.35. The molecule has 0 aliphatic rings. The Morgan fingerprint density at radius 3 is 2.92 bits per heavy atom. The fourth-order valence-electron chi connectivity index (χ4n) is 2.68. The van der Waals surface area contributed by atoms with Gasteiger partial charge in [-0.2, -0.15) is 0 Å². The second kappa shape index (κ2) is 5.66. The third-order valence-electron chi connectivity index (χ3n) is 3.80. The van der Waals surface area contributed by atoms with E-state index in [1.54, 1.807) is 35.4 Å². The van der Waals surface area contributed by atoms with Crippen LogP contribution < -0.4 is 0 Å². The number of nitrogens with one attached hydrogen (secondary N) is 1. The Morgan fingerprint density at radius 1 is 1.21 bits per heavy atom. The molecule has 3 aromatic heterocycles. The van der Waals surface area contributed by atoms with Gasteiger partial charge in [-0.25, -0.2) is 4.98 Å². The number of aliphatic carboxylic acids is 1. The molecule has 24 heavy (non-hydrogen) atoms. The summed E-state index contributed by atoms with van der Waals surface area (Å²) in [6.07, 6.45) is 6.89. The van der Waals surface area contributed by atoms with Crippen LogP contribution in [0, 0.1) is 0 Å². The molecule has 4 rings (SSSR count). The van der Waals surface area contributed by atoms with Crippen molar-refractivity contribution in [2.24, 2.45) is 0 Å². The zero-order valence-corrected chi connectivity index (χ0v) is 12.7. The van der Waals surface area contributed by atoms with E-state index < -0.39 is 5.97 Å². The molecule has 0 bridgehead atoms. The molecule has 0 fully saturated rings. The second-order valence-electron chi connectivity index (χ2n) is 5.53. The largest absolute Gasteiger partial charge is 0.481 e. The molecule has 0 atom stereocenters. The normalized spacial score (nSPS) is 11.0. The molecular weight excluding hydrogens is 304 g/mol. The average Bonchev–Trinajstić information content (AvgIpc) is 3.21. The van der Waals surface area contributed by atoms with Gasteiger partial charge < -0.3 is 14.7 Å². The quantitative estimate of drug-likeness (QED) is 0.606. The molecule has 0 radical (unpaired) electrons. The van der Waals surface area contributed by atoms with E-state index in [4.69, 9.17) is 5.11 Å². The number of para-hydroxylation sites is 1. The highest BCUT2D eigenvalue weighted by Crippen LogP contribution is 2.22. The smallest absolute Gasteiger partial charge is 0.307 e. The lowest BCUT2D eigenvalue weighted by Gasteiger charge is -2.03. The molecule has 1 aromatic carbocycles. The number of benzene rings is 1. The highest BCUT2D eigenvalue weighted by Gasteiger charge is 2.08. The summed E-state index contributed by atoms with van der Waals surface area (Å²) in [6.45, 7) is 0. The zero-order valence-electron chi connectivity index (χ0n) is 12.7. The summed E-state index contributed by atoms with van der Waals surface area (Å²) in [6, 6.07) is 11.8. The van der Waals surface area contributed by atoms with Crippen molar-refractivity contribution in [3.63, 3.8) is 0 Å². The summed E-state index contributed by atoms with van der Waals surface area (Å²) in [5.41, 5.74) is 3.39. The van der Waals surface area contributed by atoms with Crippen LogP contribution in [0.5, 0.6) is 0 Å². The number of hydrogen-bond acceptors (Lipinski definition) is 3. The van der Waals surface area contributed by atoms with Crippen LogP contribution in [0.15, 0.2) is 61.2 Å². The molecule has 0 aliphatic carbocycles. The molecule has 3 heterocycles. The number of carboxylic acid groups (broad SMARTS) is 1. The second-order valence-corrected chi connectivity index (χ2v) is 5.53. The van der Waals surface area contributed by atoms with E-state index in [2.05, 4.69) is 15.0 Å². The monoisotopic (exact) mass is 318 g/mol. The van der Waals surface area contributed by atoms with Gasteiger partial charge in [0.1, 0.15) is 5.69 Å². The van der Waals surface area contributed by atoms with Crippen LogP contribution in [0.4, 0.5) is 0 Å². The SMILES string of the molecule is O=C(O)Cc1ccn(-c2cncc(-c3cc4ccccc4[nH]3)n2)c1. The number of aromatic amines is 1. The molecule has 0 amide bonds. The lowest BCUT2D eigenvalue weighted by Crippen LogP contribution is -2.00. The Bertz CT molecular complexity index is 999. The van der Waals surface area contributed by atoms with Gasteiger partial charge in [-0.15, -0.1) is 0 Å². The average molecular weight is 318 g/mol. The number of carbonyl (C=O) groups is 1. The maximum atomic E-state index is 10.8. The van der Waals surface area contributed by atoms with Crippen LogP contribution in [0.3, 0.4) is 0 Å². The van der Waals surface area contributed by atoms with E-state index in [-0.39, 0.29) is 6.42 Å². The summed E-state index contributed by atoms with van der Waals surface area (Å²) < 4.78 is 1.78. The van der Waals surface area contributed by atoms with Gasteiger partial charge in [0.25, 0.3) is 0 Å². The van der Waals surface area contributed by atoms with Crippen molar-refractivity contribution in [3.8, 4) is 17.2 Å². The molecule has 118 valence electrons. The van der Waals surface area contributed by atoms with Crippen molar-refractivity contribution < 1.29 is 9.90 Å². The molecule has 4 aromatic rings. The maximum Gasteiger partial charge on any atom is 0.307 e. The lowest BCUT2D eigenvalue weighted by molar-refractivity contribution is -0.136. The number of fused-ring (bicyclic) bond motifs is 1. The van der Waals surface area contributed by atoms with E-state index in [9.17, 15) is 4.79 Å². The van der Waals surface area contributed by atoms with E-state index >= 15 is 0 Å². The fraction of sp³-hybridized carbons (Fsp3) is 0.0556. The van der Waals surface area contributed by atoms with Crippen molar-refractivity contribution in [1.29, 1.82) is 0 Å². The predicted molar refractivity (Wildman–Crippen MR) is 90.0 cm³/mol. The van der Waals surface area contributed by atoms with E-state index in [0.29, 0.717) is 5.82 Å². The Balaban J connectivity index is 1.70. The first-order valence-corrected chi connectivity index (χ1v) is 7.48. The molecule has 6 nitrogen and oxygen atoms in total. The van der Waals surface area contributed by atoms with Gasteiger partial charge in [0.15, 0.2) is 5.82 Å². The molecular formula is C18H14N4O2. The molecule has 0 unspecified atom stereocenters. The molecule has 0 saturated heterocycles. The van der Waals surface area contributed by atoms with E-state index in [1.165, 1.54) is 0 Å². The van der Waals surface area contributed by atoms with Gasteiger partial charge in [0, 0.05) is 23.3 Å². The summed E-state index contributed by atoms with van der Waals surface area (Å²) in [4.78, 5) is 23.0. The Morgan fingerprint density at radius 2 is 2.08 bits per heavy atom. The minimum atomic E-state index is -0.856. The topological polar surface area (TPSA) is 83.8 Å². The van der Waals surface area contributed by atoms with Gasteiger partial charge in [0.05, 0.1) is 24.5 Å². The highest BCUT2D eigenvalue weighted by molar-refractivity contribution is 5.85. The lowest BCUT2D eigenvalue weighted by atomic mass is 10.2. The van der Waals surface area contributed by atoms with Crippen molar-refractivity contribution in [1.82, 2.24) is 19.5 Å². The number of hydrogen-bond donors (Lipinski definition) is 2. The first-order chi connectivity index (χ1) is 11.7. The van der Waals surface area contributed by atoms with Crippen LogP contribution in [0.1, 0.15) is 5.56 Å². The van der Waals surface area contributed by atoms with Gasteiger partial charge in [-0.05, 0) is 23.8 Å². The Labute approximate surface area is 137 Å². The standard InChI is InChI=1S/C18H14N4O2/c23-18(24)7-12-5-6-22(11-12)17-10-19-9-16(21-17)15-8-13-3-1-2-4-14(13)20-15/h1-6,8-11,20H,7H2,(H,23,24). The van der Waals surface area contributed by atoms with Gasteiger partial charge in [-0.1, -0.05) is 18.2 Å². The van der Waals surface area contributed by atoms with E-state index in [1.807, 2.05) is 30.3 Å². The summed E-state index contributed by atoms with van der Waals surface area (Å²) in [5, 5.41) is 9.98. The fourth-order valence-corrected chi connectivity index (χ4v) is 2.68. The highest BCUT2D eigenvalue weighted by atomic mass is 16.4. The minimum Gasteiger partial charge on any atom is -0.481 e. The number of H-pyrrole nitrogens is 1. The molecule has 0 saturated carbocycles. The molecule has 6 heteroatoms. The predicted octanol–water partition coefficient (Wildman–Crippen LogP) is 3.04. The van der Waals surface area contributed by atoms with Crippen molar-refractivity contribution in [3.05, 3.63) is 66.7 Å². The number of aromatic nitrogens is 4. The van der Waals surface area contributed by atoms with Crippen molar-refractivity contribution >= 4 is 16.9 Å². The molecule has 0 aliphatic heterocycles. The third-order valence-corrected chi connectivity index (χ3v) is 3.80. The minimum absolute atomic E-state index is 0.0118. The number of carboxylic acids is 1. The van der Waals surface area contributed by atoms with Gasteiger partial charge in [0.2, 0.25) is 0 Å². The van der Waals surface area contributed by atoms with Crippen LogP contribution >= 0.6 is 0 Å². The Hall–Kier alpha value is -3.41. The van der Waals surface area contributed by atoms with Crippen LogP contribution in [0.2, 0.25) is 0 Å². The van der Waals surface area contributed by atoms with Crippen LogP contribution in [-0.2, 0) is 11.2 Å². The van der Waals surface area contributed by atoms with Crippen molar-refractivity contribution in [2.45, 2.75) is 6.42 Å². The zero-order chi connectivity index (χ0) is 16.5. The number of nitrogens with zero attached hydrogens (tertiary/aromatic N) is 3. The van der Waals surface area contributed by atoms with Gasteiger partial charge in [-0.3, -0.25) is 9.78 Å². The third kappa shape index (κ3) is 2.65. The van der Waals surface area contributed by atoms with Crippen molar-refractivity contribution in [2.75, 3.05) is 0 Å². The first-order valence-electron chi connectivity index (χ1n) is 7.48. The van der Waals surface area contributed by atoms with Gasteiger partial charge >= 0.3 is 5.97 Å². The number of rotatable bonds is 4. The van der Waals surface area contributed by atoms with Crippen LogP contribution in [-0.4, -0.2) is 30.6 Å². The van der Waals surface area contributed by atoms with Crippen LogP contribution in [0.25, 0.3) is 28.1 Å². The summed E-state index contributed by atoms with van der Waals surface area (Å²) in [5.74, 6) is -0.214. The summed E-state index contributed by atoms with van der Waals surface area (Å²) in [7, 11) is 0. The van der Waals surface area contributed by atoms with E-state index in [0.717, 1.165) is 27.9 Å². The molecule has 0 spiro atoms.